The van der Waals surface area contributed by atoms with E-state index in [0.29, 0.717) is 5.82 Å². The number of hydrogen-bond acceptors (Lipinski definition) is 4. The molecule has 0 unspecified atom stereocenters. The summed E-state index contributed by atoms with van der Waals surface area (Å²) >= 11 is 0. The molecule has 3 aromatic heterocycles. The second-order valence-corrected chi connectivity index (χ2v) is 3.63. The molecule has 5 nitrogen and oxygen atoms in total. The van der Waals surface area contributed by atoms with Crippen LogP contribution >= 0.6 is 0 Å². The summed E-state index contributed by atoms with van der Waals surface area (Å²) in [6, 6.07) is 5.80. The molecule has 17 heavy (non-hydrogen) atoms. The molecule has 0 bridgehead atoms. The van der Waals surface area contributed by atoms with Gasteiger partial charge in [0.2, 0.25) is 0 Å². The van der Waals surface area contributed by atoms with Gasteiger partial charge in [-0.15, -0.1) is 0 Å². The van der Waals surface area contributed by atoms with Gasteiger partial charge in [-0.2, -0.15) is 5.10 Å². The first-order chi connectivity index (χ1) is 8.38. The highest BCUT2D eigenvalue weighted by atomic mass is 15.2. The second-order valence-electron chi connectivity index (χ2n) is 3.63. The summed E-state index contributed by atoms with van der Waals surface area (Å²) in [6.07, 6.45) is 7.18. The number of pyridine rings is 1. The largest absolute Gasteiger partial charge is 0.385 e. The van der Waals surface area contributed by atoms with Crippen LogP contribution in [0.5, 0.6) is 0 Å². The predicted octanol–water partition coefficient (Wildman–Crippen LogP) is 1.83. The van der Waals surface area contributed by atoms with Crippen molar-refractivity contribution >= 4 is 11.2 Å². The van der Waals surface area contributed by atoms with Crippen LogP contribution in [0, 0.1) is 0 Å². The monoisotopic (exact) mass is 225 g/mol. The summed E-state index contributed by atoms with van der Waals surface area (Å²) in [5.41, 5.74) is 2.99. The van der Waals surface area contributed by atoms with Gasteiger partial charge in [-0.25, -0.2) is 14.5 Å². The molecule has 0 spiro atoms. The van der Waals surface area contributed by atoms with Gasteiger partial charge in [0.1, 0.15) is 0 Å². The van der Waals surface area contributed by atoms with Gasteiger partial charge in [0.05, 0.1) is 17.4 Å². The summed E-state index contributed by atoms with van der Waals surface area (Å²) in [5.74, 6) is 0.705. The third-order valence-electron chi connectivity index (χ3n) is 2.61. The average molecular weight is 225 g/mol. The fourth-order valence-electron chi connectivity index (χ4n) is 1.76. The van der Waals surface area contributed by atoms with E-state index in [1.807, 2.05) is 29.9 Å². The van der Waals surface area contributed by atoms with Crippen molar-refractivity contribution in [3.8, 4) is 11.4 Å². The van der Waals surface area contributed by atoms with Gasteiger partial charge in [0, 0.05) is 31.2 Å². The first kappa shape index (κ1) is 9.77. The Bertz CT molecular complexity index is 644. The Morgan fingerprint density at radius 2 is 2.00 bits per heavy atom. The molecule has 0 amide bonds. The Balaban J connectivity index is 2.15. The van der Waals surface area contributed by atoms with Crippen molar-refractivity contribution in [3.63, 3.8) is 0 Å². The standard InChI is InChI=1S/C12H11N5/c1-13-10-7-16-17-8-9(3-4-11(10)17)12-14-5-2-6-15-12/h2-8,13H,1H3. The first-order valence-electron chi connectivity index (χ1n) is 5.31. The zero-order valence-electron chi connectivity index (χ0n) is 9.33. The molecule has 0 aliphatic rings. The molecule has 0 atom stereocenters. The number of hydrogen-bond donors (Lipinski definition) is 1. The van der Waals surface area contributed by atoms with Crippen LogP contribution in [0.15, 0.2) is 43.0 Å². The van der Waals surface area contributed by atoms with Crippen molar-refractivity contribution in [1.29, 1.82) is 0 Å². The number of aromatic nitrogens is 4. The second kappa shape index (κ2) is 3.86. The summed E-state index contributed by atoms with van der Waals surface area (Å²) in [4.78, 5) is 8.43. The molecule has 84 valence electrons. The lowest BCUT2D eigenvalue weighted by Gasteiger charge is -2.01. The molecule has 0 aromatic carbocycles. The molecule has 0 saturated heterocycles. The van der Waals surface area contributed by atoms with E-state index in [4.69, 9.17) is 0 Å². The Kier molecular flexibility index (Phi) is 2.22. The van der Waals surface area contributed by atoms with Gasteiger partial charge in [-0.1, -0.05) is 0 Å². The molecule has 1 N–H and O–H groups in total. The number of rotatable bonds is 2. The summed E-state index contributed by atoms with van der Waals surface area (Å²) < 4.78 is 1.82. The smallest absolute Gasteiger partial charge is 0.160 e. The number of anilines is 1. The number of nitrogens with one attached hydrogen (secondary N) is 1. The third-order valence-corrected chi connectivity index (χ3v) is 2.61. The van der Waals surface area contributed by atoms with E-state index in [-0.39, 0.29) is 0 Å². The van der Waals surface area contributed by atoms with E-state index < -0.39 is 0 Å². The molecule has 0 aliphatic carbocycles. The van der Waals surface area contributed by atoms with Crippen molar-refractivity contribution in [2.24, 2.45) is 0 Å². The van der Waals surface area contributed by atoms with Crippen LogP contribution in [0.2, 0.25) is 0 Å². The van der Waals surface area contributed by atoms with E-state index in [0.717, 1.165) is 16.8 Å². The molecule has 0 aliphatic heterocycles. The maximum absolute atomic E-state index is 4.27. The van der Waals surface area contributed by atoms with Crippen LogP contribution in [0.25, 0.3) is 16.9 Å². The lowest BCUT2D eigenvalue weighted by molar-refractivity contribution is 0.959. The van der Waals surface area contributed by atoms with E-state index >= 15 is 0 Å². The minimum atomic E-state index is 0.705. The van der Waals surface area contributed by atoms with Crippen molar-refractivity contribution in [2.75, 3.05) is 12.4 Å². The lowest BCUT2D eigenvalue weighted by Crippen LogP contribution is -1.92. The Morgan fingerprint density at radius 3 is 2.76 bits per heavy atom. The van der Waals surface area contributed by atoms with Crippen molar-refractivity contribution in [3.05, 3.63) is 43.0 Å². The zero-order chi connectivity index (χ0) is 11.7. The Hall–Kier alpha value is -2.43. The lowest BCUT2D eigenvalue weighted by atomic mass is 10.2. The number of fused-ring (bicyclic) bond motifs is 1. The minimum absolute atomic E-state index is 0.705. The quantitative estimate of drug-likeness (QED) is 0.723. The minimum Gasteiger partial charge on any atom is -0.385 e. The van der Waals surface area contributed by atoms with E-state index in [1.165, 1.54) is 0 Å². The fraction of sp³-hybridized carbons (Fsp3) is 0.0833. The summed E-state index contributed by atoms with van der Waals surface area (Å²) in [6.45, 7) is 0. The Labute approximate surface area is 98.1 Å². The highest BCUT2D eigenvalue weighted by molar-refractivity contribution is 5.73. The maximum atomic E-state index is 4.27. The summed E-state index contributed by atoms with van der Waals surface area (Å²) in [7, 11) is 1.88. The molecule has 5 heteroatoms. The highest BCUT2D eigenvalue weighted by Gasteiger charge is 2.05. The molecule has 3 rings (SSSR count). The fourth-order valence-corrected chi connectivity index (χ4v) is 1.76. The van der Waals surface area contributed by atoms with Crippen LogP contribution in [0.3, 0.4) is 0 Å². The van der Waals surface area contributed by atoms with Crippen LogP contribution < -0.4 is 5.32 Å². The SMILES string of the molecule is CNc1cnn2cc(-c3ncccn3)ccc12. The molecule has 3 heterocycles. The first-order valence-corrected chi connectivity index (χ1v) is 5.31. The van der Waals surface area contributed by atoms with E-state index in [1.54, 1.807) is 24.7 Å². The van der Waals surface area contributed by atoms with Crippen LogP contribution in [-0.4, -0.2) is 26.6 Å². The molecule has 0 saturated carbocycles. The van der Waals surface area contributed by atoms with Gasteiger partial charge in [-0.05, 0) is 18.2 Å². The van der Waals surface area contributed by atoms with Gasteiger partial charge < -0.3 is 5.32 Å². The molecular formula is C12H11N5. The van der Waals surface area contributed by atoms with Crippen molar-refractivity contribution < 1.29 is 0 Å². The average Bonchev–Trinajstić information content (AvgIpc) is 2.81. The molecular weight excluding hydrogens is 214 g/mol. The van der Waals surface area contributed by atoms with Crippen LogP contribution in [0.1, 0.15) is 0 Å². The van der Waals surface area contributed by atoms with Gasteiger partial charge >= 0.3 is 0 Å². The maximum Gasteiger partial charge on any atom is 0.160 e. The van der Waals surface area contributed by atoms with Crippen molar-refractivity contribution in [2.45, 2.75) is 0 Å². The van der Waals surface area contributed by atoms with E-state index in [2.05, 4.69) is 20.4 Å². The van der Waals surface area contributed by atoms with Gasteiger partial charge in [0.25, 0.3) is 0 Å². The van der Waals surface area contributed by atoms with Gasteiger partial charge in [0.15, 0.2) is 5.82 Å². The highest BCUT2D eigenvalue weighted by Crippen LogP contribution is 2.20. The third kappa shape index (κ3) is 1.61. The predicted molar refractivity (Wildman–Crippen MR) is 65.8 cm³/mol. The van der Waals surface area contributed by atoms with E-state index in [9.17, 15) is 0 Å². The summed E-state index contributed by atoms with van der Waals surface area (Å²) in [5, 5.41) is 7.37. The molecule has 3 aromatic rings. The Morgan fingerprint density at radius 1 is 1.18 bits per heavy atom. The zero-order valence-corrected chi connectivity index (χ0v) is 9.33. The normalized spacial score (nSPS) is 10.6. The van der Waals surface area contributed by atoms with Gasteiger partial charge in [-0.3, -0.25) is 0 Å². The molecule has 0 radical (unpaired) electrons. The van der Waals surface area contributed by atoms with Crippen LogP contribution in [-0.2, 0) is 0 Å². The topological polar surface area (TPSA) is 55.1 Å². The van der Waals surface area contributed by atoms with Crippen molar-refractivity contribution in [1.82, 2.24) is 19.6 Å². The van der Waals surface area contributed by atoms with Crippen LogP contribution in [0.4, 0.5) is 5.69 Å². The number of nitrogens with zero attached hydrogens (tertiary/aromatic N) is 4. The molecule has 0 fully saturated rings.